The monoisotopic (exact) mass is 322 g/mol. The second-order valence-electron chi connectivity index (χ2n) is 4.88. The average molecular weight is 323 g/mol. The number of nitrogens with one attached hydrogen (secondary N) is 1. The first-order chi connectivity index (χ1) is 11.3. The zero-order valence-electron chi connectivity index (χ0n) is 11.9. The van der Waals surface area contributed by atoms with Gasteiger partial charge in [-0.25, -0.2) is 9.97 Å². The Morgan fingerprint density at radius 3 is 2.52 bits per heavy atom. The molecule has 4 aromatic rings. The third kappa shape index (κ3) is 2.62. The summed E-state index contributed by atoms with van der Waals surface area (Å²) in [6.45, 7) is 0. The fraction of sp³-hybridized carbons (Fsp3) is 0. The lowest BCUT2D eigenvalue weighted by Gasteiger charge is -2.06. The first-order valence-electron chi connectivity index (χ1n) is 6.98. The first-order valence-corrected chi connectivity index (χ1v) is 7.35. The van der Waals surface area contributed by atoms with Gasteiger partial charge in [-0.2, -0.15) is 0 Å². The van der Waals surface area contributed by atoms with Crippen molar-refractivity contribution in [3.63, 3.8) is 0 Å². The van der Waals surface area contributed by atoms with Crippen LogP contribution in [-0.2, 0) is 0 Å². The lowest BCUT2D eigenvalue weighted by molar-refractivity contribution is 0.624. The molecule has 0 spiro atoms. The third-order valence-corrected chi connectivity index (χ3v) is 3.63. The Hall–Kier alpha value is -2.92. The van der Waals surface area contributed by atoms with Crippen molar-refractivity contribution in [2.45, 2.75) is 0 Å². The summed E-state index contributed by atoms with van der Waals surface area (Å²) < 4.78 is 5.91. The van der Waals surface area contributed by atoms with Crippen molar-refractivity contribution in [3.8, 4) is 11.6 Å². The second kappa shape index (κ2) is 5.70. The highest BCUT2D eigenvalue weighted by molar-refractivity contribution is 6.30. The van der Waals surface area contributed by atoms with Crippen LogP contribution in [0, 0.1) is 0 Å². The summed E-state index contributed by atoms with van der Waals surface area (Å²) in [7, 11) is 0. The first kappa shape index (κ1) is 13.7. The normalized spacial score (nSPS) is 10.8. The van der Waals surface area contributed by atoms with Gasteiger partial charge in [-0.3, -0.25) is 4.98 Å². The molecule has 0 atom stereocenters. The Balaban J connectivity index is 1.87. The zero-order chi connectivity index (χ0) is 15.6. The number of aromatic nitrogens is 3. The standard InChI is InChI=1S/C17H11ClN4O/c18-11-2-4-12(5-3-11)22-15-13-6-9-19-10-14(13)23-16(15)17-20-7-1-8-21-17/h1-10,22H. The lowest BCUT2D eigenvalue weighted by Crippen LogP contribution is -1.93. The number of hydrogen-bond acceptors (Lipinski definition) is 5. The van der Waals surface area contributed by atoms with E-state index in [1.54, 1.807) is 30.9 Å². The van der Waals surface area contributed by atoms with E-state index in [0.717, 1.165) is 16.8 Å². The van der Waals surface area contributed by atoms with Crippen LogP contribution in [0.1, 0.15) is 0 Å². The maximum Gasteiger partial charge on any atom is 0.197 e. The number of benzene rings is 1. The van der Waals surface area contributed by atoms with Crippen LogP contribution in [0.25, 0.3) is 22.6 Å². The number of pyridine rings is 1. The van der Waals surface area contributed by atoms with Crippen molar-refractivity contribution < 1.29 is 4.42 Å². The van der Waals surface area contributed by atoms with Crippen molar-refractivity contribution in [2.24, 2.45) is 0 Å². The van der Waals surface area contributed by atoms with Crippen LogP contribution in [0.5, 0.6) is 0 Å². The highest BCUT2D eigenvalue weighted by Crippen LogP contribution is 2.37. The molecular weight excluding hydrogens is 312 g/mol. The molecule has 0 saturated heterocycles. The fourth-order valence-corrected chi connectivity index (χ4v) is 2.45. The minimum atomic E-state index is 0.514. The van der Waals surface area contributed by atoms with Gasteiger partial charge in [0.1, 0.15) is 0 Å². The van der Waals surface area contributed by atoms with Crippen LogP contribution in [0.4, 0.5) is 11.4 Å². The molecular formula is C17H11ClN4O. The summed E-state index contributed by atoms with van der Waals surface area (Å²) in [4.78, 5) is 12.6. The second-order valence-corrected chi connectivity index (χ2v) is 5.32. The van der Waals surface area contributed by atoms with E-state index in [9.17, 15) is 0 Å². The number of fused-ring (bicyclic) bond motifs is 1. The number of nitrogens with zero attached hydrogens (tertiary/aromatic N) is 3. The number of halogens is 1. The van der Waals surface area contributed by atoms with E-state index in [1.165, 1.54) is 0 Å². The van der Waals surface area contributed by atoms with Gasteiger partial charge in [-0.15, -0.1) is 0 Å². The molecule has 6 heteroatoms. The minimum absolute atomic E-state index is 0.514. The maximum atomic E-state index is 5.94. The number of furan rings is 1. The van der Waals surface area contributed by atoms with Crippen LogP contribution in [0.15, 0.2) is 65.6 Å². The maximum absolute atomic E-state index is 5.94. The van der Waals surface area contributed by atoms with Crippen LogP contribution in [-0.4, -0.2) is 15.0 Å². The summed E-state index contributed by atoms with van der Waals surface area (Å²) in [6, 6.07) is 11.1. The SMILES string of the molecule is Clc1ccc(Nc2c(-c3ncccn3)oc3cnccc23)cc1. The molecule has 0 unspecified atom stereocenters. The van der Waals surface area contributed by atoms with Crippen molar-refractivity contribution in [1.29, 1.82) is 0 Å². The predicted molar refractivity (Wildman–Crippen MR) is 89.8 cm³/mol. The Labute approximate surface area is 137 Å². The molecule has 0 aliphatic heterocycles. The molecule has 0 saturated carbocycles. The molecule has 0 amide bonds. The van der Waals surface area contributed by atoms with Gasteiger partial charge in [0, 0.05) is 34.7 Å². The van der Waals surface area contributed by atoms with Crippen molar-refractivity contribution in [1.82, 2.24) is 15.0 Å². The molecule has 0 bridgehead atoms. The van der Waals surface area contributed by atoms with Crippen molar-refractivity contribution >= 4 is 33.9 Å². The molecule has 3 aromatic heterocycles. The largest absolute Gasteiger partial charge is 0.449 e. The van der Waals surface area contributed by atoms with Crippen LogP contribution < -0.4 is 5.32 Å². The smallest absolute Gasteiger partial charge is 0.197 e. The van der Waals surface area contributed by atoms with Crippen molar-refractivity contribution in [2.75, 3.05) is 5.32 Å². The number of anilines is 2. The molecule has 4 rings (SSSR count). The van der Waals surface area contributed by atoms with Gasteiger partial charge in [0.15, 0.2) is 17.2 Å². The van der Waals surface area contributed by atoms with E-state index >= 15 is 0 Å². The van der Waals surface area contributed by atoms with Gasteiger partial charge < -0.3 is 9.73 Å². The van der Waals surface area contributed by atoms with E-state index in [1.807, 2.05) is 30.3 Å². The van der Waals surface area contributed by atoms with Crippen LogP contribution in [0.3, 0.4) is 0 Å². The third-order valence-electron chi connectivity index (χ3n) is 3.38. The van der Waals surface area contributed by atoms with E-state index < -0.39 is 0 Å². The molecule has 0 radical (unpaired) electrons. The Kier molecular flexibility index (Phi) is 3.40. The van der Waals surface area contributed by atoms with Gasteiger partial charge in [-0.1, -0.05) is 11.6 Å². The molecule has 0 aliphatic carbocycles. The van der Waals surface area contributed by atoms with Crippen molar-refractivity contribution in [3.05, 3.63) is 66.2 Å². The molecule has 0 aliphatic rings. The Bertz CT molecular complexity index is 951. The number of hydrogen-bond donors (Lipinski definition) is 1. The van der Waals surface area contributed by atoms with Gasteiger partial charge in [0.25, 0.3) is 0 Å². The molecule has 112 valence electrons. The van der Waals surface area contributed by atoms with Gasteiger partial charge in [-0.05, 0) is 36.4 Å². The predicted octanol–water partition coefficient (Wildman–Crippen LogP) is 4.68. The number of rotatable bonds is 3. The van der Waals surface area contributed by atoms with E-state index in [-0.39, 0.29) is 0 Å². The lowest BCUT2D eigenvalue weighted by atomic mass is 10.2. The molecule has 0 fully saturated rings. The average Bonchev–Trinajstić information content (AvgIpc) is 2.96. The van der Waals surface area contributed by atoms with Crippen LogP contribution in [0.2, 0.25) is 5.02 Å². The highest BCUT2D eigenvalue weighted by atomic mass is 35.5. The highest BCUT2D eigenvalue weighted by Gasteiger charge is 2.18. The Morgan fingerprint density at radius 1 is 0.957 bits per heavy atom. The molecule has 3 heterocycles. The topological polar surface area (TPSA) is 63.8 Å². The summed E-state index contributed by atoms with van der Waals surface area (Å²) in [6.07, 6.45) is 6.76. The molecule has 5 nitrogen and oxygen atoms in total. The van der Waals surface area contributed by atoms with Crippen LogP contribution >= 0.6 is 11.6 Å². The van der Waals surface area contributed by atoms with E-state index in [4.69, 9.17) is 16.0 Å². The molecule has 1 N–H and O–H groups in total. The minimum Gasteiger partial charge on any atom is -0.449 e. The molecule has 23 heavy (non-hydrogen) atoms. The van der Waals surface area contributed by atoms with E-state index in [2.05, 4.69) is 20.3 Å². The fourth-order valence-electron chi connectivity index (χ4n) is 2.33. The summed E-state index contributed by atoms with van der Waals surface area (Å²) in [5.41, 5.74) is 2.37. The van der Waals surface area contributed by atoms with E-state index in [0.29, 0.717) is 22.2 Å². The molecule has 1 aromatic carbocycles. The zero-order valence-corrected chi connectivity index (χ0v) is 12.7. The summed E-state index contributed by atoms with van der Waals surface area (Å²) in [5, 5.41) is 4.96. The summed E-state index contributed by atoms with van der Waals surface area (Å²) >= 11 is 5.94. The quantitative estimate of drug-likeness (QED) is 0.593. The van der Waals surface area contributed by atoms with Gasteiger partial charge in [0.2, 0.25) is 0 Å². The summed E-state index contributed by atoms with van der Waals surface area (Å²) in [5.74, 6) is 1.09. The Morgan fingerprint density at radius 2 is 1.74 bits per heavy atom. The van der Waals surface area contributed by atoms with Gasteiger partial charge in [0.05, 0.1) is 11.9 Å². The van der Waals surface area contributed by atoms with Gasteiger partial charge >= 0.3 is 0 Å².